The molecule has 0 aliphatic heterocycles. The first-order valence-electron chi connectivity index (χ1n) is 6.47. The van der Waals surface area contributed by atoms with Crippen LogP contribution in [0.3, 0.4) is 0 Å². The molecule has 0 amide bonds. The Bertz CT molecular complexity index is 178. The van der Waals surface area contributed by atoms with Crippen molar-refractivity contribution in [3.63, 3.8) is 0 Å². The van der Waals surface area contributed by atoms with E-state index in [4.69, 9.17) is 0 Å². The maximum absolute atomic E-state index is 4.06. The predicted octanol–water partition coefficient (Wildman–Crippen LogP) is 1.82. The number of hydrogen-bond acceptors (Lipinski definition) is 3. The van der Waals surface area contributed by atoms with Crippen molar-refractivity contribution in [2.24, 2.45) is 0 Å². The second-order valence-electron chi connectivity index (χ2n) is 4.51. The van der Waals surface area contributed by atoms with Crippen LogP contribution in [0.1, 0.15) is 34.1 Å². The molecule has 0 aliphatic rings. The smallest absolute Gasteiger partial charge is 0.0375 e. The zero-order chi connectivity index (χ0) is 12.4. The molecule has 3 heteroatoms. The first-order chi connectivity index (χ1) is 7.60. The zero-order valence-electron chi connectivity index (χ0n) is 11.5. The molecular formula is C13H29N3. The molecule has 0 aromatic heterocycles. The summed E-state index contributed by atoms with van der Waals surface area (Å²) >= 11 is 0. The molecule has 16 heavy (non-hydrogen) atoms. The van der Waals surface area contributed by atoms with E-state index < -0.39 is 0 Å². The standard InChI is InChI=1S/C13H29N3/c1-6-10-16(7-2)11-13(5)15-9-8-14-12(3)4/h12,14-15H,5-11H2,1-4H3. The monoisotopic (exact) mass is 227 g/mol. The topological polar surface area (TPSA) is 27.3 Å². The van der Waals surface area contributed by atoms with E-state index in [1.807, 2.05) is 0 Å². The van der Waals surface area contributed by atoms with Gasteiger partial charge in [0.05, 0.1) is 0 Å². The molecule has 96 valence electrons. The van der Waals surface area contributed by atoms with Crippen molar-refractivity contribution in [3.05, 3.63) is 12.3 Å². The Balaban J connectivity index is 3.56. The summed E-state index contributed by atoms with van der Waals surface area (Å²) in [5.41, 5.74) is 1.13. The van der Waals surface area contributed by atoms with Crippen LogP contribution in [0.5, 0.6) is 0 Å². The summed E-state index contributed by atoms with van der Waals surface area (Å²) in [6.07, 6.45) is 1.20. The van der Waals surface area contributed by atoms with Gasteiger partial charge in [0, 0.05) is 31.4 Å². The molecular weight excluding hydrogens is 198 g/mol. The average Bonchev–Trinajstić information content (AvgIpc) is 2.23. The zero-order valence-corrected chi connectivity index (χ0v) is 11.5. The minimum atomic E-state index is 0.558. The Hall–Kier alpha value is -0.540. The number of rotatable bonds is 10. The molecule has 0 radical (unpaired) electrons. The third kappa shape index (κ3) is 8.74. The molecule has 0 aromatic carbocycles. The molecule has 0 fully saturated rings. The normalized spacial score (nSPS) is 11.1. The summed E-state index contributed by atoms with van der Waals surface area (Å²) < 4.78 is 0. The van der Waals surface area contributed by atoms with Crippen molar-refractivity contribution in [2.75, 3.05) is 32.7 Å². The molecule has 0 bridgehead atoms. The van der Waals surface area contributed by atoms with Gasteiger partial charge in [0.25, 0.3) is 0 Å². The minimum absolute atomic E-state index is 0.558. The van der Waals surface area contributed by atoms with E-state index in [9.17, 15) is 0 Å². The lowest BCUT2D eigenvalue weighted by molar-refractivity contribution is 0.307. The molecule has 0 aliphatic carbocycles. The molecule has 0 saturated heterocycles. The van der Waals surface area contributed by atoms with Crippen molar-refractivity contribution in [3.8, 4) is 0 Å². The maximum atomic E-state index is 4.06. The van der Waals surface area contributed by atoms with Gasteiger partial charge in [-0.3, -0.25) is 4.90 Å². The summed E-state index contributed by atoms with van der Waals surface area (Å²) in [4.78, 5) is 2.41. The Morgan fingerprint density at radius 2 is 1.94 bits per heavy atom. The van der Waals surface area contributed by atoms with Crippen LogP contribution in [0.25, 0.3) is 0 Å². The SMILES string of the molecule is C=C(CN(CC)CCC)NCCNC(C)C. The van der Waals surface area contributed by atoms with Gasteiger partial charge in [0.2, 0.25) is 0 Å². The highest BCUT2D eigenvalue weighted by atomic mass is 15.1. The van der Waals surface area contributed by atoms with Crippen LogP contribution in [0, 0.1) is 0 Å². The van der Waals surface area contributed by atoms with Crippen LogP contribution in [-0.2, 0) is 0 Å². The molecule has 0 spiro atoms. The van der Waals surface area contributed by atoms with Gasteiger partial charge in [-0.05, 0) is 19.5 Å². The minimum Gasteiger partial charge on any atom is -0.386 e. The van der Waals surface area contributed by atoms with Gasteiger partial charge in [-0.25, -0.2) is 0 Å². The first-order valence-corrected chi connectivity index (χ1v) is 6.47. The predicted molar refractivity (Wildman–Crippen MR) is 72.7 cm³/mol. The lowest BCUT2D eigenvalue weighted by Crippen LogP contribution is -2.35. The average molecular weight is 227 g/mol. The van der Waals surface area contributed by atoms with E-state index in [1.165, 1.54) is 6.42 Å². The Morgan fingerprint density at radius 1 is 1.25 bits per heavy atom. The van der Waals surface area contributed by atoms with E-state index in [0.717, 1.165) is 38.4 Å². The molecule has 2 N–H and O–H groups in total. The number of nitrogens with one attached hydrogen (secondary N) is 2. The van der Waals surface area contributed by atoms with Crippen molar-refractivity contribution < 1.29 is 0 Å². The summed E-state index contributed by atoms with van der Waals surface area (Å²) in [6, 6.07) is 0.558. The van der Waals surface area contributed by atoms with Crippen molar-refractivity contribution in [1.29, 1.82) is 0 Å². The van der Waals surface area contributed by atoms with Crippen molar-refractivity contribution in [1.82, 2.24) is 15.5 Å². The fraction of sp³-hybridized carbons (Fsp3) is 0.846. The highest BCUT2D eigenvalue weighted by Crippen LogP contribution is 1.95. The van der Waals surface area contributed by atoms with E-state index >= 15 is 0 Å². The van der Waals surface area contributed by atoms with Crippen molar-refractivity contribution >= 4 is 0 Å². The Morgan fingerprint density at radius 3 is 2.44 bits per heavy atom. The van der Waals surface area contributed by atoms with E-state index in [2.05, 4.69) is 49.8 Å². The van der Waals surface area contributed by atoms with E-state index in [-0.39, 0.29) is 0 Å². The first kappa shape index (κ1) is 15.5. The molecule has 0 heterocycles. The van der Waals surface area contributed by atoms with E-state index in [0.29, 0.717) is 6.04 Å². The second kappa shape index (κ2) is 9.67. The quantitative estimate of drug-likeness (QED) is 0.558. The van der Waals surface area contributed by atoms with Gasteiger partial charge < -0.3 is 10.6 Å². The third-order valence-corrected chi connectivity index (χ3v) is 2.45. The summed E-state index contributed by atoms with van der Waals surface area (Å²) in [5.74, 6) is 0. The summed E-state index contributed by atoms with van der Waals surface area (Å²) in [6.45, 7) is 18.0. The fourth-order valence-corrected chi connectivity index (χ4v) is 1.59. The third-order valence-electron chi connectivity index (χ3n) is 2.45. The van der Waals surface area contributed by atoms with Gasteiger partial charge in [0.15, 0.2) is 0 Å². The molecule has 0 aromatic rings. The van der Waals surface area contributed by atoms with Crippen LogP contribution in [0.4, 0.5) is 0 Å². The molecule has 0 rings (SSSR count). The van der Waals surface area contributed by atoms with Crippen LogP contribution in [0.15, 0.2) is 12.3 Å². The van der Waals surface area contributed by atoms with Crippen LogP contribution in [0.2, 0.25) is 0 Å². The Kier molecular flexibility index (Phi) is 9.34. The molecule has 3 nitrogen and oxygen atoms in total. The van der Waals surface area contributed by atoms with Crippen LogP contribution < -0.4 is 10.6 Å². The largest absolute Gasteiger partial charge is 0.386 e. The van der Waals surface area contributed by atoms with Gasteiger partial charge >= 0.3 is 0 Å². The highest BCUT2D eigenvalue weighted by Gasteiger charge is 2.02. The van der Waals surface area contributed by atoms with Crippen molar-refractivity contribution in [2.45, 2.75) is 40.2 Å². The summed E-state index contributed by atoms with van der Waals surface area (Å²) in [5, 5.41) is 6.74. The molecule has 0 saturated carbocycles. The Labute approximate surface area is 101 Å². The van der Waals surface area contributed by atoms with Crippen LogP contribution in [-0.4, -0.2) is 43.7 Å². The van der Waals surface area contributed by atoms with Gasteiger partial charge in [-0.15, -0.1) is 0 Å². The van der Waals surface area contributed by atoms with Crippen LogP contribution >= 0.6 is 0 Å². The summed E-state index contributed by atoms with van der Waals surface area (Å²) in [7, 11) is 0. The molecule has 0 atom stereocenters. The number of nitrogens with zero attached hydrogens (tertiary/aromatic N) is 1. The lowest BCUT2D eigenvalue weighted by Gasteiger charge is -2.21. The highest BCUT2D eigenvalue weighted by molar-refractivity contribution is 4.94. The van der Waals surface area contributed by atoms with Gasteiger partial charge in [-0.1, -0.05) is 34.3 Å². The lowest BCUT2D eigenvalue weighted by atomic mass is 10.3. The number of hydrogen-bond donors (Lipinski definition) is 2. The van der Waals surface area contributed by atoms with Gasteiger partial charge in [0.1, 0.15) is 0 Å². The fourth-order valence-electron chi connectivity index (χ4n) is 1.59. The second-order valence-corrected chi connectivity index (χ2v) is 4.51. The number of likely N-dealkylation sites (N-methyl/N-ethyl adjacent to an activating group) is 1. The van der Waals surface area contributed by atoms with Gasteiger partial charge in [-0.2, -0.15) is 0 Å². The van der Waals surface area contributed by atoms with E-state index in [1.54, 1.807) is 0 Å². The maximum Gasteiger partial charge on any atom is 0.0375 e. The molecule has 0 unspecified atom stereocenters.